The molecule has 0 saturated heterocycles. The lowest BCUT2D eigenvalue weighted by Gasteiger charge is -2.11. The maximum absolute atomic E-state index is 11.9. The average molecular weight is 338 g/mol. The Hall–Kier alpha value is -1.12. The minimum Gasteiger partial charge on any atom is -0.496 e. The molecule has 0 saturated carbocycles. The summed E-state index contributed by atoms with van der Waals surface area (Å²) in [5, 5.41) is 8.67. The standard InChI is InChI=1S/C10H12BrNO5S/c1-6(10(13)14)12-18(15,16)7-3-4-9(17-2)8(11)5-7/h3-6,12H,1-2H3,(H,13,14). The molecule has 100 valence electrons. The lowest BCUT2D eigenvalue weighted by molar-refractivity contribution is -0.138. The molecule has 0 spiro atoms. The third-order valence-electron chi connectivity index (χ3n) is 2.14. The van der Waals surface area contributed by atoms with E-state index in [4.69, 9.17) is 9.84 Å². The van der Waals surface area contributed by atoms with Gasteiger partial charge in [-0.05, 0) is 41.1 Å². The normalized spacial score (nSPS) is 13.1. The average Bonchev–Trinajstić information content (AvgIpc) is 2.28. The number of ether oxygens (including phenoxy) is 1. The molecular weight excluding hydrogens is 326 g/mol. The van der Waals surface area contributed by atoms with Gasteiger partial charge in [0.2, 0.25) is 10.0 Å². The van der Waals surface area contributed by atoms with E-state index < -0.39 is 22.0 Å². The highest BCUT2D eigenvalue weighted by molar-refractivity contribution is 9.10. The van der Waals surface area contributed by atoms with Gasteiger partial charge in [-0.1, -0.05) is 0 Å². The van der Waals surface area contributed by atoms with Gasteiger partial charge in [-0.3, -0.25) is 4.79 Å². The number of benzene rings is 1. The molecule has 1 atom stereocenters. The van der Waals surface area contributed by atoms with Crippen molar-refractivity contribution in [3.63, 3.8) is 0 Å². The summed E-state index contributed by atoms with van der Waals surface area (Å²) in [4.78, 5) is 10.6. The van der Waals surface area contributed by atoms with Gasteiger partial charge in [-0.25, -0.2) is 8.42 Å². The predicted molar refractivity (Wildman–Crippen MR) is 68.1 cm³/mol. The summed E-state index contributed by atoms with van der Waals surface area (Å²) in [6, 6.07) is 2.95. The van der Waals surface area contributed by atoms with Crippen molar-refractivity contribution >= 4 is 31.9 Å². The fourth-order valence-corrected chi connectivity index (χ4v) is 3.08. The molecule has 1 aromatic carbocycles. The van der Waals surface area contributed by atoms with Gasteiger partial charge in [0.25, 0.3) is 0 Å². The minimum absolute atomic E-state index is 0.0386. The van der Waals surface area contributed by atoms with E-state index in [1.165, 1.54) is 32.2 Å². The van der Waals surface area contributed by atoms with Crippen LogP contribution in [0.25, 0.3) is 0 Å². The molecule has 0 fully saturated rings. The second-order valence-electron chi connectivity index (χ2n) is 3.48. The SMILES string of the molecule is COc1ccc(S(=O)(=O)NC(C)C(=O)O)cc1Br. The number of carboxylic acid groups (broad SMARTS) is 1. The fourth-order valence-electron chi connectivity index (χ4n) is 1.17. The molecule has 1 aromatic rings. The van der Waals surface area contributed by atoms with E-state index in [0.29, 0.717) is 10.2 Å². The summed E-state index contributed by atoms with van der Waals surface area (Å²) in [5.41, 5.74) is 0. The Balaban J connectivity index is 3.06. The Kier molecular flexibility index (Phi) is 4.71. The molecule has 0 aromatic heterocycles. The first-order valence-corrected chi connectivity index (χ1v) is 7.14. The van der Waals surface area contributed by atoms with Crippen LogP contribution in [-0.4, -0.2) is 32.6 Å². The lowest BCUT2D eigenvalue weighted by atomic mass is 10.3. The molecule has 18 heavy (non-hydrogen) atoms. The third-order valence-corrected chi connectivity index (χ3v) is 4.29. The van der Waals surface area contributed by atoms with Crippen LogP contribution in [0.4, 0.5) is 0 Å². The number of halogens is 1. The Morgan fingerprint density at radius 2 is 2.11 bits per heavy atom. The van der Waals surface area contributed by atoms with Gasteiger partial charge in [0.05, 0.1) is 16.5 Å². The van der Waals surface area contributed by atoms with Crippen molar-refractivity contribution in [3.8, 4) is 5.75 Å². The smallest absolute Gasteiger partial charge is 0.321 e. The van der Waals surface area contributed by atoms with E-state index in [0.717, 1.165) is 0 Å². The van der Waals surface area contributed by atoms with Crippen molar-refractivity contribution in [1.29, 1.82) is 0 Å². The van der Waals surface area contributed by atoms with Gasteiger partial charge < -0.3 is 9.84 Å². The van der Waals surface area contributed by atoms with E-state index in [-0.39, 0.29) is 4.90 Å². The topological polar surface area (TPSA) is 92.7 Å². The van der Waals surface area contributed by atoms with E-state index in [1.54, 1.807) is 0 Å². The molecular formula is C10H12BrNO5S. The Morgan fingerprint density at radius 1 is 1.50 bits per heavy atom. The first-order valence-electron chi connectivity index (χ1n) is 4.86. The van der Waals surface area contributed by atoms with Gasteiger partial charge in [-0.15, -0.1) is 0 Å². The highest BCUT2D eigenvalue weighted by Gasteiger charge is 2.22. The zero-order valence-electron chi connectivity index (χ0n) is 9.68. The Bertz CT molecular complexity index is 557. The Morgan fingerprint density at radius 3 is 2.56 bits per heavy atom. The summed E-state index contributed by atoms with van der Waals surface area (Å²) in [7, 11) is -2.41. The number of hydrogen-bond acceptors (Lipinski definition) is 4. The summed E-state index contributed by atoms with van der Waals surface area (Å²) < 4.78 is 31.2. The van der Waals surface area contributed by atoms with Crippen LogP contribution in [0.15, 0.2) is 27.6 Å². The molecule has 1 unspecified atom stereocenters. The van der Waals surface area contributed by atoms with Crippen molar-refractivity contribution in [2.75, 3.05) is 7.11 Å². The second-order valence-corrected chi connectivity index (χ2v) is 6.05. The quantitative estimate of drug-likeness (QED) is 0.842. The third kappa shape index (κ3) is 3.44. The molecule has 0 heterocycles. The van der Waals surface area contributed by atoms with E-state index in [2.05, 4.69) is 15.9 Å². The second kappa shape index (κ2) is 5.68. The maximum atomic E-state index is 11.9. The van der Waals surface area contributed by atoms with E-state index in [1.807, 2.05) is 4.72 Å². The highest BCUT2D eigenvalue weighted by atomic mass is 79.9. The number of nitrogens with one attached hydrogen (secondary N) is 1. The first-order chi connectivity index (χ1) is 8.27. The van der Waals surface area contributed by atoms with Gasteiger partial charge in [0.1, 0.15) is 11.8 Å². The van der Waals surface area contributed by atoms with Crippen LogP contribution in [0.2, 0.25) is 0 Å². The van der Waals surface area contributed by atoms with Crippen LogP contribution >= 0.6 is 15.9 Å². The number of carboxylic acids is 1. The molecule has 0 aliphatic heterocycles. The largest absolute Gasteiger partial charge is 0.496 e. The molecule has 6 nitrogen and oxygen atoms in total. The van der Waals surface area contributed by atoms with Crippen LogP contribution in [0, 0.1) is 0 Å². The van der Waals surface area contributed by atoms with Gasteiger partial charge >= 0.3 is 5.97 Å². The zero-order chi connectivity index (χ0) is 13.9. The van der Waals surface area contributed by atoms with Gasteiger partial charge in [0, 0.05) is 0 Å². The summed E-state index contributed by atoms with van der Waals surface area (Å²) in [5.74, 6) is -0.758. The van der Waals surface area contributed by atoms with Crippen LogP contribution in [0.1, 0.15) is 6.92 Å². The van der Waals surface area contributed by atoms with Crippen LogP contribution in [0.5, 0.6) is 5.75 Å². The number of sulfonamides is 1. The van der Waals surface area contributed by atoms with Crippen LogP contribution < -0.4 is 9.46 Å². The number of carbonyl (C=O) groups is 1. The highest BCUT2D eigenvalue weighted by Crippen LogP contribution is 2.27. The number of aliphatic carboxylic acids is 1. The Labute approximate surface area is 113 Å². The van der Waals surface area contributed by atoms with E-state index >= 15 is 0 Å². The lowest BCUT2D eigenvalue weighted by Crippen LogP contribution is -2.38. The van der Waals surface area contributed by atoms with Crippen molar-refractivity contribution < 1.29 is 23.1 Å². The van der Waals surface area contributed by atoms with Gasteiger partial charge in [-0.2, -0.15) is 4.72 Å². The van der Waals surface area contributed by atoms with Crippen molar-refractivity contribution in [2.24, 2.45) is 0 Å². The number of rotatable bonds is 5. The molecule has 0 radical (unpaired) electrons. The molecule has 1 rings (SSSR count). The molecule has 0 amide bonds. The molecule has 0 aliphatic carbocycles. The number of hydrogen-bond donors (Lipinski definition) is 2. The predicted octanol–water partition coefficient (Wildman–Crippen LogP) is 1.21. The van der Waals surface area contributed by atoms with Crippen LogP contribution in [0.3, 0.4) is 0 Å². The first kappa shape index (κ1) is 14.9. The molecule has 2 N–H and O–H groups in total. The van der Waals surface area contributed by atoms with Crippen molar-refractivity contribution in [1.82, 2.24) is 4.72 Å². The maximum Gasteiger partial charge on any atom is 0.321 e. The van der Waals surface area contributed by atoms with Gasteiger partial charge in [0.15, 0.2) is 0 Å². The van der Waals surface area contributed by atoms with E-state index in [9.17, 15) is 13.2 Å². The molecule has 0 aliphatic rings. The molecule has 0 bridgehead atoms. The number of methoxy groups -OCH3 is 1. The summed E-state index contributed by atoms with van der Waals surface area (Å²) in [6.45, 7) is 1.25. The fraction of sp³-hybridized carbons (Fsp3) is 0.300. The van der Waals surface area contributed by atoms with Crippen molar-refractivity contribution in [3.05, 3.63) is 22.7 Å². The zero-order valence-corrected chi connectivity index (χ0v) is 12.1. The molecule has 8 heteroatoms. The van der Waals surface area contributed by atoms with Crippen LogP contribution in [-0.2, 0) is 14.8 Å². The monoisotopic (exact) mass is 337 g/mol. The minimum atomic E-state index is -3.87. The summed E-state index contributed by atoms with van der Waals surface area (Å²) >= 11 is 3.16. The van der Waals surface area contributed by atoms with Crippen molar-refractivity contribution in [2.45, 2.75) is 17.9 Å². The summed E-state index contributed by atoms with van der Waals surface area (Å²) in [6.07, 6.45) is 0.